The molecule has 110 valence electrons. The Morgan fingerprint density at radius 1 is 1.25 bits per heavy atom. The molecule has 0 amide bonds. The van der Waals surface area contributed by atoms with Gasteiger partial charge in [0.15, 0.2) is 5.17 Å². The summed E-state index contributed by atoms with van der Waals surface area (Å²) in [5, 5.41) is 4.75. The number of nitrogens with one attached hydrogen (secondary N) is 1. The summed E-state index contributed by atoms with van der Waals surface area (Å²) in [6, 6.07) is 11.2. The second-order valence-corrected chi connectivity index (χ2v) is 7.56. The minimum atomic E-state index is 0.311. The molecule has 1 aliphatic heterocycles. The summed E-state index contributed by atoms with van der Waals surface area (Å²) in [6.07, 6.45) is 3.47. The van der Waals surface area contributed by atoms with Crippen LogP contribution in [-0.2, 0) is 6.42 Å². The zero-order chi connectivity index (χ0) is 14.4. The highest BCUT2D eigenvalue weighted by molar-refractivity contribution is 8.13. The molecule has 1 unspecified atom stereocenters. The summed E-state index contributed by atoms with van der Waals surface area (Å²) < 4.78 is 0. The maximum absolute atomic E-state index is 4.73. The van der Waals surface area contributed by atoms with Crippen molar-refractivity contribution in [3.05, 3.63) is 35.9 Å². The van der Waals surface area contributed by atoms with Gasteiger partial charge in [-0.3, -0.25) is 4.99 Å². The van der Waals surface area contributed by atoms with Crippen LogP contribution >= 0.6 is 11.8 Å². The Bertz CT molecular complexity index is 434. The van der Waals surface area contributed by atoms with E-state index < -0.39 is 0 Å². The number of hydrogen-bond acceptors (Lipinski definition) is 2. The zero-order valence-corrected chi connectivity index (χ0v) is 13.7. The van der Waals surface area contributed by atoms with Gasteiger partial charge < -0.3 is 5.32 Å². The van der Waals surface area contributed by atoms with Gasteiger partial charge in [-0.25, -0.2) is 0 Å². The van der Waals surface area contributed by atoms with Crippen molar-refractivity contribution in [2.24, 2.45) is 10.4 Å². The number of aryl methyl sites for hydroxylation is 1. The van der Waals surface area contributed by atoms with Crippen LogP contribution in [0.15, 0.2) is 35.3 Å². The Labute approximate surface area is 127 Å². The SMILES string of the molecule is CC(C)(C)C1CCSC(=NCCCc2ccccc2)N1. The standard InChI is InChI=1S/C17H26N2S/c1-17(2,3)15-11-13-20-16(19-15)18-12-7-10-14-8-5-4-6-9-14/h4-6,8-9,15H,7,10-13H2,1-3H3,(H,18,19). The average Bonchev–Trinajstić information content (AvgIpc) is 2.44. The first-order valence-electron chi connectivity index (χ1n) is 7.53. The molecular weight excluding hydrogens is 264 g/mol. The second-order valence-electron chi connectivity index (χ2n) is 6.48. The summed E-state index contributed by atoms with van der Waals surface area (Å²) in [5.41, 5.74) is 1.72. The summed E-state index contributed by atoms with van der Waals surface area (Å²) in [5.74, 6) is 1.19. The number of nitrogens with zero attached hydrogens (tertiary/aromatic N) is 1. The van der Waals surface area contributed by atoms with E-state index in [1.807, 2.05) is 11.8 Å². The van der Waals surface area contributed by atoms with E-state index in [0.717, 1.165) is 24.6 Å². The highest BCUT2D eigenvalue weighted by Crippen LogP contribution is 2.27. The molecule has 1 saturated heterocycles. The van der Waals surface area contributed by atoms with E-state index in [1.54, 1.807) is 0 Å². The second kappa shape index (κ2) is 7.16. The molecule has 1 N–H and O–H groups in total. The number of aliphatic imine (C=N–C) groups is 1. The third-order valence-corrected chi connectivity index (χ3v) is 4.67. The molecule has 0 spiro atoms. The van der Waals surface area contributed by atoms with Gasteiger partial charge in [-0.15, -0.1) is 0 Å². The lowest BCUT2D eigenvalue weighted by atomic mass is 9.85. The van der Waals surface area contributed by atoms with Crippen molar-refractivity contribution in [1.82, 2.24) is 5.32 Å². The zero-order valence-electron chi connectivity index (χ0n) is 12.9. The van der Waals surface area contributed by atoms with E-state index in [0.29, 0.717) is 11.5 Å². The maximum Gasteiger partial charge on any atom is 0.156 e. The van der Waals surface area contributed by atoms with Crippen LogP contribution in [0.2, 0.25) is 0 Å². The molecule has 20 heavy (non-hydrogen) atoms. The van der Waals surface area contributed by atoms with Crippen LogP contribution in [0, 0.1) is 5.41 Å². The first kappa shape index (κ1) is 15.4. The Balaban J connectivity index is 1.77. The van der Waals surface area contributed by atoms with Crippen molar-refractivity contribution in [2.45, 2.75) is 46.1 Å². The van der Waals surface area contributed by atoms with Crippen LogP contribution in [0.1, 0.15) is 39.2 Å². The van der Waals surface area contributed by atoms with Crippen molar-refractivity contribution < 1.29 is 0 Å². The van der Waals surface area contributed by atoms with Gasteiger partial charge in [0.25, 0.3) is 0 Å². The Hall–Kier alpha value is -0.960. The van der Waals surface area contributed by atoms with Crippen LogP contribution in [0.4, 0.5) is 0 Å². The lowest BCUT2D eigenvalue weighted by Crippen LogP contribution is -2.46. The van der Waals surface area contributed by atoms with Gasteiger partial charge in [0.05, 0.1) is 0 Å². The van der Waals surface area contributed by atoms with Crippen LogP contribution in [-0.4, -0.2) is 23.5 Å². The van der Waals surface area contributed by atoms with Crippen molar-refractivity contribution >= 4 is 16.9 Å². The predicted octanol–water partition coefficient (Wildman–Crippen LogP) is 4.12. The highest BCUT2D eigenvalue weighted by atomic mass is 32.2. The molecule has 1 aromatic rings. The molecule has 1 aromatic carbocycles. The molecule has 0 bridgehead atoms. The van der Waals surface area contributed by atoms with Gasteiger partial charge in [0.2, 0.25) is 0 Å². The van der Waals surface area contributed by atoms with Gasteiger partial charge in [-0.2, -0.15) is 0 Å². The monoisotopic (exact) mass is 290 g/mol. The topological polar surface area (TPSA) is 24.4 Å². The minimum absolute atomic E-state index is 0.311. The van der Waals surface area contributed by atoms with Gasteiger partial charge >= 0.3 is 0 Å². The molecule has 2 nitrogen and oxygen atoms in total. The quantitative estimate of drug-likeness (QED) is 0.844. The molecule has 0 radical (unpaired) electrons. The van der Waals surface area contributed by atoms with E-state index in [2.05, 4.69) is 56.4 Å². The van der Waals surface area contributed by atoms with E-state index in [1.165, 1.54) is 17.7 Å². The van der Waals surface area contributed by atoms with Gasteiger partial charge in [0.1, 0.15) is 0 Å². The van der Waals surface area contributed by atoms with E-state index in [4.69, 9.17) is 4.99 Å². The molecule has 2 rings (SSSR count). The summed E-state index contributed by atoms with van der Waals surface area (Å²) in [6.45, 7) is 7.82. The third-order valence-electron chi connectivity index (χ3n) is 3.71. The van der Waals surface area contributed by atoms with Crippen LogP contribution in [0.3, 0.4) is 0 Å². The maximum atomic E-state index is 4.73. The number of amidine groups is 1. The molecule has 0 aliphatic carbocycles. The Kier molecular flexibility index (Phi) is 5.53. The van der Waals surface area contributed by atoms with E-state index >= 15 is 0 Å². The van der Waals surface area contributed by atoms with Crippen molar-refractivity contribution in [3.8, 4) is 0 Å². The predicted molar refractivity (Wildman–Crippen MR) is 90.5 cm³/mol. The third kappa shape index (κ3) is 4.86. The molecule has 0 aromatic heterocycles. The molecule has 3 heteroatoms. The number of benzene rings is 1. The summed E-state index contributed by atoms with van der Waals surface area (Å²) in [4.78, 5) is 4.73. The molecule has 0 saturated carbocycles. The van der Waals surface area contributed by atoms with Crippen molar-refractivity contribution in [3.63, 3.8) is 0 Å². The van der Waals surface area contributed by atoms with Crippen molar-refractivity contribution in [2.75, 3.05) is 12.3 Å². The first-order valence-corrected chi connectivity index (χ1v) is 8.52. The number of rotatable bonds is 4. The lowest BCUT2D eigenvalue weighted by Gasteiger charge is -2.35. The van der Waals surface area contributed by atoms with Crippen LogP contribution in [0.5, 0.6) is 0 Å². The summed E-state index contributed by atoms with van der Waals surface area (Å²) >= 11 is 1.87. The lowest BCUT2D eigenvalue weighted by molar-refractivity contribution is 0.290. The molecule has 1 atom stereocenters. The van der Waals surface area contributed by atoms with Crippen LogP contribution in [0.25, 0.3) is 0 Å². The average molecular weight is 290 g/mol. The fourth-order valence-electron chi connectivity index (χ4n) is 2.39. The number of hydrogen-bond donors (Lipinski definition) is 1. The largest absolute Gasteiger partial charge is 0.362 e. The number of thioether (sulfide) groups is 1. The minimum Gasteiger partial charge on any atom is -0.362 e. The smallest absolute Gasteiger partial charge is 0.156 e. The summed E-state index contributed by atoms with van der Waals surface area (Å²) in [7, 11) is 0. The Morgan fingerprint density at radius 2 is 2.00 bits per heavy atom. The van der Waals surface area contributed by atoms with Crippen molar-refractivity contribution in [1.29, 1.82) is 0 Å². The fourth-order valence-corrected chi connectivity index (χ4v) is 3.34. The van der Waals surface area contributed by atoms with Gasteiger partial charge in [0, 0.05) is 18.3 Å². The molecule has 1 fully saturated rings. The Morgan fingerprint density at radius 3 is 2.70 bits per heavy atom. The van der Waals surface area contributed by atoms with Gasteiger partial charge in [-0.05, 0) is 30.2 Å². The van der Waals surface area contributed by atoms with E-state index in [-0.39, 0.29) is 0 Å². The van der Waals surface area contributed by atoms with E-state index in [9.17, 15) is 0 Å². The molecule has 1 heterocycles. The van der Waals surface area contributed by atoms with Crippen LogP contribution < -0.4 is 5.32 Å². The normalized spacial score (nSPS) is 21.8. The first-order chi connectivity index (χ1) is 9.55. The van der Waals surface area contributed by atoms with Gasteiger partial charge in [-0.1, -0.05) is 62.9 Å². The highest BCUT2D eigenvalue weighted by Gasteiger charge is 2.28. The molecular formula is C17H26N2S. The fraction of sp³-hybridized carbons (Fsp3) is 0.588. The molecule has 1 aliphatic rings.